The fourth-order valence-corrected chi connectivity index (χ4v) is 4.40. The topological polar surface area (TPSA) is 88.5 Å². The molecule has 1 N–H and O–H groups in total. The molecule has 2 aromatic carbocycles. The summed E-state index contributed by atoms with van der Waals surface area (Å²) < 4.78 is 16.4. The van der Waals surface area contributed by atoms with Crippen molar-refractivity contribution in [1.82, 2.24) is 4.90 Å². The fourth-order valence-electron chi connectivity index (χ4n) is 4.40. The van der Waals surface area contributed by atoms with Crippen molar-refractivity contribution >= 4 is 23.1 Å². The number of hydrogen-bond acceptors (Lipinski definition) is 7. The molecule has 1 unspecified atom stereocenters. The molecule has 34 heavy (non-hydrogen) atoms. The lowest BCUT2D eigenvalue weighted by atomic mass is 9.95. The minimum absolute atomic E-state index is 0.0749. The Balaban J connectivity index is 1.79. The number of carbonyl (C=O) groups is 2. The van der Waals surface area contributed by atoms with Crippen molar-refractivity contribution in [3.8, 4) is 11.5 Å². The largest absolute Gasteiger partial charge is 0.507 e. The first-order valence-corrected chi connectivity index (χ1v) is 11.4. The Morgan fingerprint density at radius 3 is 2.65 bits per heavy atom. The van der Waals surface area contributed by atoms with E-state index in [4.69, 9.17) is 14.2 Å². The van der Waals surface area contributed by atoms with Gasteiger partial charge >= 0.3 is 0 Å². The van der Waals surface area contributed by atoms with Crippen LogP contribution in [-0.4, -0.2) is 68.8 Å². The SMILES string of the molecule is CCOc1ccc(C2/C(=C(/O)c3ccc4c(c3)N(C)CCO4)C(=O)C(=O)N2CCCOC)cc1. The number of methoxy groups -OCH3 is 1. The molecule has 1 saturated heterocycles. The van der Waals surface area contributed by atoms with Crippen LogP contribution in [0.3, 0.4) is 0 Å². The average molecular weight is 467 g/mol. The van der Waals surface area contributed by atoms with E-state index in [0.29, 0.717) is 56.4 Å². The van der Waals surface area contributed by atoms with E-state index in [1.807, 2.05) is 31.0 Å². The predicted octanol–water partition coefficient (Wildman–Crippen LogP) is 3.37. The molecule has 8 heteroatoms. The number of carbonyl (C=O) groups excluding carboxylic acids is 2. The molecule has 2 aliphatic heterocycles. The second-order valence-electron chi connectivity index (χ2n) is 8.29. The van der Waals surface area contributed by atoms with Crippen LogP contribution >= 0.6 is 0 Å². The molecule has 4 rings (SSSR count). The van der Waals surface area contributed by atoms with Crippen LogP contribution in [0.25, 0.3) is 5.76 Å². The van der Waals surface area contributed by atoms with Gasteiger partial charge in [0.05, 0.1) is 30.5 Å². The van der Waals surface area contributed by atoms with Crippen molar-refractivity contribution in [2.24, 2.45) is 0 Å². The van der Waals surface area contributed by atoms with E-state index >= 15 is 0 Å². The molecule has 0 aromatic heterocycles. The molecule has 1 amide bonds. The lowest BCUT2D eigenvalue weighted by Gasteiger charge is -2.28. The first-order valence-electron chi connectivity index (χ1n) is 11.4. The van der Waals surface area contributed by atoms with Gasteiger partial charge in [0.1, 0.15) is 23.9 Å². The molecule has 1 atom stereocenters. The Morgan fingerprint density at radius 2 is 1.94 bits per heavy atom. The summed E-state index contributed by atoms with van der Waals surface area (Å²) in [7, 11) is 3.54. The van der Waals surface area contributed by atoms with Gasteiger partial charge in [-0.1, -0.05) is 12.1 Å². The maximum absolute atomic E-state index is 13.2. The third-order valence-corrected chi connectivity index (χ3v) is 6.12. The predicted molar refractivity (Wildman–Crippen MR) is 128 cm³/mol. The summed E-state index contributed by atoms with van der Waals surface area (Å²) in [5.74, 6) is -0.118. The lowest BCUT2D eigenvalue weighted by molar-refractivity contribution is -0.140. The number of ether oxygens (including phenoxy) is 3. The number of likely N-dealkylation sites (tertiary alicyclic amines) is 1. The second kappa shape index (κ2) is 10.2. The van der Waals surface area contributed by atoms with E-state index in [1.165, 1.54) is 4.90 Å². The number of aliphatic hydroxyl groups is 1. The smallest absolute Gasteiger partial charge is 0.295 e. The molecular weight excluding hydrogens is 436 g/mol. The Labute approximate surface area is 199 Å². The Morgan fingerprint density at radius 1 is 1.18 bits per heavy atom. The summed E-state index contributed by atoms with van der Waals surface area (Å²) in [5.41, 5.74) is 2.08. The van der Waals surface area contributed by atoms with Gasteiger partial charge in [0.25, 0.3) is 11.7 Å². The number of amides is 1. The van der Waals surface area contributed by atoms with Crippen molar-refractivity contribution in [3.63, 3.8) is 0 Å². The van der Waals surface area contributed by atoms with Crippen LogP contribution in [0.5, 0.6) is 11.5 Å². The fraction of sp³-hybridized carbons (Fsp3) is 0.385. The molecule has 8 nitrogen and oxygen atoms in total. The molecular formula is C26H30N2O6. The quantitative estimate of drug-likeness (QED) is 0.276. The molecule has 2 aliphatic rings. The molecule has 0 spiro atoms. The van der Waals surface area contributed by atoms with Gasteiger partial charge in [-0.05, 0) is 49.2 Å². The Bertz CT molecular complexity index is 1090. The first-order chi connectivity index (χ1) is 16.5. The van der Waals surface area contributed by atoms with Crippen LogP contribution in [0.1, 0.15) is 30.5 Å². The molecule has 2 heterocycles. The summed E-state index contributed by atoms with van der Waals surface area (Å²) in [6, 6.07) is 11.8. The summed E-state index contributed by atoms with van der Waals surface area (Å²) in [5, 5.41) is 11.3. The van der Waals surface area contributed by atoms with Gasteiger partial charge in [-0.3, -0.25) is 9.59 Å². The maximum atomic E-state index is 13.2. The number of ketones is 1. The van der Waals surface area contributed by atoms with E-state index in [0.717, 1.165) is 11.3 Å². The number of benzene rings is 2. The molecule has 1 fully saturated rings. The minimum Gasteiger partial charge on any atom is -0.507 e. The molecule has 0 radical (unpaired) electrons. The van der Waals surface area contributed by atoms with Crippen molar-refractivity contribution in [2.75, 3.05) is 52.0 Å². The van der Waals surface area contributed by atoms with Crippen molar-refractivity contribution < 1.29 is 28.9 Å². The zero-order valence-corrected chi connectivity index (χ0v) is 19.7. The van der Waals surface area contributed by atoms with E-state index in [1.54, 1.807) is 37.4 Å². The number of Topliss-reactive ketones (excluding diaryl/α,β-unsaturated/α-hetero) is 1. The van der Waals surface area contributed by atoms with Gasteiger partial charge in [-0.25, -0.2) is 0 Å². The number of likely N-dealkylation sites (N-methyl/N-ethyl adjacent to an activating group) is 1. The monoisotopic (exact) mass is 466 g/mol. The molecule has 0 bridgehead atoms. The standard InChI is InChI=1S/C26H30N2O6/c1-4-33-19-9-6-17(7-10-19)23-22(25(30)26(31)28(23)12-5-14-32-3)24(29)18-8-11-21-20(16-18)27(2)13-15-34-21/h6-11,16,23,29H,4-5,12-15H2,1-3H3/b24-22-. The molecule has 180 valence electrons. The zero-order valence-electron chi connectivity index (χ0n) is 19.7. The van der Waals surface area contributed by atoms with Crippen LogP contribution in [-0.2, 0) is 14.3 Å². The van der Waals surface area contributed by atoms with Gasteiger partial charge in [-0.2, -0.15) is 0 Å². The second-order valence-corrected chi connectivity index (χ2v) is 8.29. The molecule has 2 aromatic rings. The van der Waals surface area contributed by atoms with E-state index in [-0.39, 0.29) is 11.3 Å². The number of anilines is 1. The van der Waals surface area contributed by atoms with E-state index < -0.39 is 17.7 Å². The van der Waals surface area contributed by atoms with Crippen LogP contribution in [0.2, 0.25) is 0 Å². The lowest BCUT2D eigenvalue weighted by Crippen LogP contribution is -2.31. The number of hydrogen-bond donors (Lipinski definition) is 1. The Hall–Kier alpha value is -3.52. The maximum Gasteiger partial charge on any atom is 0.295 e. The highest BCUT2D eigenvalue weighted by atomic mass is 16.5. The van der Waals surface area contributed by atoms with Gasteiger partial charge in [-0.15, -0.1) is 0 Å². The van der Waals surface area contributed by atoms with Gasteiger partial charge in [0.15, 0.2) is 0 Å². The van der Waals surface area contributed by atoms with E-state index in [2.05, 4.69) is 0 Å². The minimum atomic E-state index is -0.711. The summed E-state index contributed by atoms with van der Waals surface area (Å²) >= 11 is 0. The van der Waals surface area contributed by atoms with Gasteiger partial charge in [0, 0.05) is 32.9 Å². The van der Waals surface area contributed by atoms with Crippen LogP contribution < -0.4 is 14.4 Å². The van der Waals surface area contributed by atoms with Crippen molar-refractivity contribution in [3.05, 3.63) is 59.2 Å². The van der Waals surface area contributed by atoms with Crippen LogP contribution in [0, 0.1) is 0 Å². The summed E-state index contributed by atoms with van der Waals surface area (Å²) in [6.45, 7) is 4.52. The highest BCUT2D eigenvalue weighted by Crippen LogP contribution is 2.41. The Kier molecular flexibility index (Phi) is 7.07. The van der Waals surface area contributed by atoms with Gasteiger partial charge < -0.3 is 29.1 Å². The number of rotatable bonds is 8. The molecule has 0 saturated carbocycles. The zero-order chi connectivity index (χ0) is 24.2. The van der Waals surface area contributed by atoms with E-state index in [9.17, 15) is 14.7 Å². The highest BCUT2D eigenvalue weighted by molar-refractivity contribution is 6.46. The normalized spacial score (nSPS) is 19.2. The number of aliphatic hydroxyl groups excluding tert-OH is 1. The summed E-state index contributed by atoms with van der Waals surface area (Å²) in [4.78, 5) is 29.7. The number of nitrogens with zero attached hydrogens (tertiary/aromatic N) is 2. The third kappa shape index (κ3) is 4.46. The molecule has 0 aliphatic carbocycles. The summed E-state index contributed by atoms with van der Waals surface area (Å²) in [6.07, 6.45) is 0.568. The number of fused-ring (bicyclic) bond motifs is 1. The van der Waals surface area contributed by atoms with Crippen LogP contribution in [0.4, 0.5) is 5.69 Å². The van der Waals surface area contributed by atoms with Crippen LogP contribution in [0.15, 0.2) is 48.0 Å². The first kappa shape index (κ1) is 23.6. The average Bonchev–Trinajstić information content (AvgIpc) is 3.09. The highest BCUT2D eigenvalue weighted by Gasteiger charge is 2.45. The van der Waals surface area contributed by atoms with Gasteiger partial charge in [0.2, 0.25) is 0 Å². The van der Waals surface area contributed by atoms with Crippen molar-refractivity contribution in [1.29, 1.82) is 0 Å². The third-order valence-electron chi connectivity index (χ3n) is 6.12. The van der Waals surface area contributed by atoms with Crippen molar-refractivity contribution in [2.45, 2.75) is 19.4 Å².